The Morgan fingerprint density at radius 2 is 1.90 bits per heavy atom. The van der Waals surface area contributed by atoms with Crippen molar-refractivity contribution in [2.45, 2.75) is 6.42 Å². The standard InChI is InChI=1S/C16H13BrO4/c1-19-11-7-14(20-2)16-12(18)5-9-3-4-10(17)6-13(9)21-15(16)8-11/h3-4,6-8H,5H2,1-2H3. The van der Waals surface area contributed by atoms with Crippen LogP contribution in [0.15, 0.2) is 34.8 Å². The summed E-state index contributed by atoms with van der Waals surface area (Å²) in [6.07, 6.45) is 0.276. The fourth-order valence-corrected chi connectivity index (χ4v) is 2.69. The first-order chi connectivity index (χ1) is 10.1. The molecule has 0 amide bonds. The molecule has 0 fully saturated rings. The number of carbonyl (C=O) groups excluding carboxylic acids is 1. The van der Waals surface area contributed by atoms with Gasteiger partial charge in [0.2, 0.25) is 0 Å². The first-order valence-corrected chi connectivity index (χ1v) is 7.17. The van der Waals surface area contributed by atoms with Crippen molar-refractivity contribution in [3.05, 3.63) is 45.9 Å². The summed E-state index contributed by atoms with van der Waals surface area (Å²) in [5.74, 6) is 2.11. The van der Waals surface area contributed by atoms with Crippen LogP contribution in [-0.4, -0.2) is 20.0 Å². The maximum Gasteiger partial charge on any atom is 0.174 e. The van der Waals surface area contributed by atoms with Crippen LogP contribution in [0.2, 0.25) is 0 Å². The van der Waals surface area contributed by atoms with Gasteiger partial charge in [-0.1, -0.05) is 22.0 Å². The number of rotatable bonds is 2. The fourth-order valence-electron chi connectivity index (χ4n) is 2.35. The number of ether oxygens (including phenoxy) is 3. The average Bonchev–Trinajstić information content (AvgIpc) is 2.61. The van der Waals surface area contributed by atoms with Crippen LogP contribution in [0.4, 0.5) is 0 Å². The van der Waals surface area contributed by atoms with E-state index in [9.17, 15) is 4.79 Å². The zero-order chi connectivity index (χ0) is 15.0. The molecule has 108 valence electrons. The molecular formula is C16H13BrO4. The van der Waals surface area contributed by atoms with Gasteiger partial charge in [0.15, 0.2) is 5.78 Å². The van der Waals surface area contributed by atoms with Crippen molar-refractivity contribution in [1.82, 2.24) is 0 Å². The molecule has 0 radical (unpaired) electrons. The van der Waals surface area contributed by atoms with Crippen LogP contribution in [0, 0.1) is 0 Å². The van der Waals surface area contributed by atoms with Gasteiger partial charge in [-0.05, 0) is 12.1 Å². The normalized spacial score (nSPS) is 12.8. The summed E-state index contributed by atoms with van der Waals surface area (Å²) < 4.78 is 17.4. The molecule has 0 N–H and O–H groups in total. The highest BCUT2D eigenvalue weighted by Gasteiger charge is 2.26. The molecule has 0 unspecified atom stereocenters. The lowest BCUT2D eigenvalue weighted by atomic mass is 10.0. The first kappa shape index (κ1) is 13.9. The van der Waals surface area contributed by atoms with E-state index in [1.165, 1.54) is 7.11 Å². The van der Waals surface area contributed by atoms with Crippen LogP contribution in [0.25, 0.3) is 0 Å². The Morgan fingerprint density at radius 1 is 1.10 bits per heavy atom. The number of Topliss-reactive ketones (excluding diaryl/α,β-unsaturated/α-hetero) is 1. The third-order valence-electron chi connectivity index (χ3n) is 3.37. The molecule has 5 heteroatoms. The van der Waals surface area contributed by atoms with Crippen LogP contribution in [0.1, 0.15) is 15.9 Å². The zero-order valence-corrected chi connectivity index (χ0v) is 13.2. The SMILES string of the molecule is COc1cc(OC)c2c(c1)Oc1cc(Br)ccc1CC2=O. The van der Waals surface area contributed by atoms with Crippen molar-refractivity contribution < 1.29 is 19.0 Å². The molecule has 0 spiro atoms. The van der Waals surface area contributed by atoms with E-state index in [0.717, 1.165) is 10.0 Å². The van der Waals surface area contributed by atoms with Gasteiger partial charge in [-0.25, -0.2) is 0 Å². The van der Waals surface area contributed by atoms with Crippen LogP contribution < -0.4 is 14.2 Å². The maximum absolute atomic E-state index is 12.5. The molecular weight excluding hydrogens is 336 g/mol. The van der Waals surface area contributed by atoms with Gasteiger partial charge in [0.25, 0.3) is 0 Å². The lowest BCUT2D eigenvalue weighted by Crippen LogP contribution is -2.05. The van der Waals surface area contributed by atoms with E-state index < -0.39 is 0 Å². The van der Waals surface area contributed by atoms with Gasteiger partial charge in [0.05, 0.1) is 14.2 Å². The average molecular weight is 349 g/mol. The molecule has 1 heterocycles. The van der Waals surface area contributed by atoms with Crippen molar-refractivity contribution >= 4 is 21.7 Å². The minimum absolute atomic E-state index is 0.0365. The summed E-state index contributed by atoms with van der Waals surface area (Å²) in [6, 6.07) is 9.01. The Labute approximate surface area is 130 Å². The molecule has 0 aliphatic carbocycles. The second-order valence-electron chi connectivity index (χ2n) is 4.66. The van der Waals surface area contributed by atoms with Gasteiger partial charge in [0.1, 0.15) is 28.6 Å². The summed E-state index contributed by atoms with van der Waals surface area (Å²) in [7, 11) is 3.08. The summed E-state index contributed by atoms with van der Waals surface area (Å²) in [5, 5.41) is 0. The lowest BCUT2D eigenvalue weighted by Gasteiger charge is -2.13. The molecule has 3 rings (SSSR count). The van der Waals surface area contributed by atoms with Gasteiger partial charge >= 0.3 is 0 Å². The Morgan fingerprint density at radius 3 is 2.62 bits per heavy atom. The van der Waals surface area contributed by atoms with Gasteiger partial charge in [0, 0.05) is 28.6 Å². The summed E-state index contributed by atoms with van der Waals surface area (Å²) in [6.45, 7) is 0. The Balaban J connectivity index is 2.20. The Kier molecular flexibility index (Phi) is 3.59. The second kappa shape index (κ2) is 5.41. The maximum atomic E-state index is 12.5. The minimum atomic E-state index is -0.0365. The third-order valence-corrected chi connectivity index (χ3v) is 3.87. The predicted octanol–water partition coefficient (Wildman–Crippen LogP) is 4.00. The number of halogens is 1. The van der Waals surface area contributed by atoms with E-state index in [-0.39, 0.29) is 12.2 Å². The minimum Gasteiger partial charge on any atom is -0.496 e. The smallest absolute Gasteiger partial charge is 0.174 e. The number of carbonyl (C=O) groups is 1. The molecule has 1 aliphatic rings. The summed E-state index contributed by atoms with van der Waals surface area (Å²) >= 11 is 3.41. The fraction of sp³-hybridized carbons (Fsp3) is 0.188. The van der Waals surface area contributed by atoms with Gasteiger partial charge < -0.3 is 14.2 Å². The molecule has 2 aromatic rings. The van der Waals surface area contributed by atoms with Crippen molar-refractivity contribution in [3.8, 4) is 23.0 Å². The number of benzene rings is 2. The van der Waals surface area contributed by atoms with Gasteiger partial charge in [-0.15, -0.1) is 0 Å². The van der Waals surface area contributed by atoms with E-state index in [0.29, 0.717) is 28.6 Å². The molecule has 4 nitrogen and oxygen atoms in total. The second-order valence-corrected chi connectivity index (χ2v) is 5.57. The predicted molar refractivity (Wildman–Crippen MR) is 81.8 cm³/mol. The Bertz CT molecular complexity index is 724. The number of hydrogen-bond acceptors (Lipinski definition) is 4. The topological polar surface area (TPSA) is 44.8 Å². The molecule has 2 aromatic carbocycles. The molecule has 0 bridgehead atoms. The largest absolute Gasteiger partial charge is 0.496 e. The molecule has 1 aliphatic heterocycles. The summed E-state index contributed by atoms with van der Waals surface area (Å²) in [5.41, 5.74) is 1.30. The van der Waals surface area contributed by atoms with Crippen LogP contribution >= 0.6 is 15.9 Å². The number of fused-ring (bicyclic) bond motifs is 2. The van der Waals surface area contributed by atoms with Crippen molar-refractivity contribution in [2.24, 2.45) is 0 Å². The van der Waals surface area contributed by atoms with Crippen LogP contribution in [0.5, 0.6) is 23.0 Å². The monoisotopic (exact) mass is 348 g/mol. The molecule has 21 heavy (non-hydrogen) atoms. The quantitative estimate of drug-likeness (QED) is 0.822. The number of ketones is 1. The molecule has 0 saturated carbocycles. The van der Waals surface area contributed by atoms with Crippen LogP contribution in [-0.2, 0) is 6.42 Å². The van der Waals surface area contributed by atoms with E-state index in [2.05, 4.69) is 15.9 Å². The highest BCUT2D eigenvalue weighted by atomic mass is 79.9. The van der Waals surface area contributed by atoms with Gasteiger partial charge in [-0.2, -0.15) is 0 Å². The van der Waals surface area contributed by atoms with E-state index >= 15 is 0 Å². The van der Waals surface area contributed by atoms with Crippen molar-refractivity contribution in [3.63, 3.8) is 0 Å². The molecule has 0 atom stereocenters. The highest BCUT2D eigenvalue weighted by Crippen LogP contribution is 2.41. The van der Waals surface area contributed by atoms with Crippen molar-refractivity contribution in [2.75, 3.05) is 14.2 Å². The van der Waals surface area contributed by atoms with Crippen molar-refractivity contribution in [1.29, 1.82) is 0 Å². The first-order valence-electron chi connectivity index (χ1n) is 6.38. The van der Waals surface area contributed by atoms with Gasteiger partial charge in [-0.3, -0.25) is 4.79 Å². The Hall–Kier alpha value is -2.01. The van der Waals surface area contributed by atoms with Crippen LogP contribution in [0.3, 0.4) is 0 Å². The lowest BCUT2D eigenvalue weighted by molar-refractivity contribution is 0.0990. The summed E-state index contributed by atoms with van der Waals surface area (Å²) in [4.78, 5) is 12.5. The molecule has 0 saturated heterocycles. The number of methoxy groups -OCH3 is 2. The van der Waals surface area contributed by atoms with E-state index in [4.69, 9.17) is 14.2 Å². The van der Waals surface area contributed by atoms with E-state index in [1.54, 1.807) is 19.2 Å². The molecule has 0 aromatic heterocycles. The third kappa shape index (κ3) is 2.49. The van der Waals surface area contributed by atoms with E-state index in [1.807, 2.05) is 18.2 Å². The highest BCUT2D eigenvalue weighted by molar-refractivity contribution is 9.10. The zero-order valence-electron chi connectivity index (χ0n) is 11.6. The number of hydrogen-bond donors (Lipinski definition) is 0.